The number of hydrogen-bond acceptors (Lipinski definition) is 7. The van der Waals surface area contributed by atoms with Crippen LogP contribution in [0.1, 0.15) is 57.5 Å². The van der Waals surface area contributed by atoms with E-state index in [9.17, 15) is 14.4 Å². The summed E-state index contributed by atoms with van der Waals surface area (Å²) in [4.78, 5) is 39.2. The number of alkyl halides is 1. The van der Waals surface area contributed by atoms with E-state index in [-0.39, 0.29) is 11.3 Å². The number of rotatable bonds is 3. The molecule has 0 unspecified atom stereocenters. The van der Waals surface area contributed by atoms with Gasteiger partial charge in [-0.3, -0.25) is 0 Å². The fourth-order valence-corrected chi connectivity index (χ4v) is 3.22. The molecule has 164 valence electrons. The maximum atomic E-state index is 13.0. The lowest BCUT2D eigenvalue weighted by Gasteiger charge is -2.29. The van der Waals surface area contributed by atoms with Crippen LogP contribution in [0.5, 0.6) is 0 Å². The van der Waals surface area contributed by atoms with E-state index in [2.05, 4.69) is 15.9 Å². The van der Waals surface area contributed by atoms with Crippen LogP contribution >= 0.6 is 15.9 Å². The molecule has 1 aromatic carbocycles. The SMILES string of the molecule is COC(=O)c1cc(N(C(=O)OC(C)(C)C)C(=O)OC(C)(C)C)c2ccoc2c1CBr. The Kier molecular flexibility index (Phi) is 6.86. The number of hydrogen-bond donors (Lipinski definition) is 0. The van der Waals surface area contributed by atoms with Gasteiger partial charge in [0.2, 0.25) is 0 Å². The highest BCUT2D eigenvalue weighted by Crippen LogP contribution is 2.36. The normalized spacial score (nSPS) is 11.9. The van der Waals surface area contributed by atoms with Crippen molar-refractivity contribution in [3.05, 3.63) is 29.5 Å². The van der Waals surface area contributed by atoms with Crippen LogP contribution in [-0.2, 0) is 19.5 Å². The summed E-state index contributed by atoms with van der Waals surface area (Å²) in [6.45, 7) is 10.1. The molecule has 30 heavy (non-hydrogen) atoms. The van der Waals surface area contributed by atoms with E-state index in [1.807, 2.05) is 0 Å². The summed E-state index contributed by atoms with van der Waals surface area (Å²) in [5, 5.41) is 0.731. The number of imide groups is 1. The van der Waals surface area contributed by atoms with Gasteiger partial charge in [0.25, 0.3) is 0 Å². The molecule has 0 fully saturated rings. The molecule has 0 saturated heterocycles. The van der Waals surface area contributed by atoms with Crippen molar-refractivity contribution in [3.8, 4) is 0 Å². The summed E-state index contributed by atoms with van der Waals surface area (Å²) in [5.41, 5.74) is -0.640. The second-order valence-electron chi connectivity index (χ2n) is 8.51. The van der Waals surface area contributed by atoms with Crippen LogP contribution in [0.3, 0.4) is 0 Å². The molecule has 2 rings (SSSR count). The van der Waals surface area contributed by atoms with Crippen LogP contribution in [0, 0.1) is 0 Å². The zero-order chi connectivity index (χ0) is 22.9. The average molecular weight is 484 g/mol. The van der Waals surface area contributed by atoms with E-state index in [0.29, 0.717) is 21.9 Å². The maximum absolute atomic E-state index is 13.0. The van der Waals surface area contributed by atoms with Gasteiger partial charge in [0.1, 0.15) is 16.8 Å². The predicted octanol–water partition coefficient (Wildman–Crippen LogP) is 5.79. The zero-order valence-corrected chi connectivity index (χ0v) is 19.7. The molecule has 9 heteroatoms. The van der Waals surface area contributed by atoms with Crippen molar-refractivity contribution in [2.45, 2.75) is 58.1 Å². The van der Waals surface area contributed by atoms with Crippen LogP contribution in [0.25, 0.3) is 11.0 Å². The highest BCUT2D eigenvalue weighted by molar-refractivity contribution is 9.08. The first-order valence-corrected chi connectivity index (χ1v) is 10.3. The van der Waals surface area contributed by atoms with E-state index < -0.39 is 29.4 Å². The van der Waals surface area contributed by atoms with Crippen molar-refractivity contribution >= 4 is 50.7 Å². The maximum Gasteiger partial charge on any atom is 0.424 e. The highest BCUT2D eigenvalue weighted by atomic mass is 79.9. The number of esters is 1. The Morgan fingerprint density at radius 3 is 2.00 bits per heavy atom. The van der Waals surface area contributed by atoms with E-state index in [1.165, 1.54) is 19.4 Å². The summed E-state index contributed by atoms with van der Waals surface area (Å²) < 4.78 is 21.3. The fraction of sp³-hybridized carbons (Fsp3) is 0.476. The zero-order valence-electron chi connectivity index (χ0n) is 18.1. The first-order valence-electron chi connectivity index (χ1n) is 9.22. The summed E-state index contributed by atoms with van der Waals surface area (Å²) in [6, 6.07) is 2.99. The fourth-order valence-electron chi connectivity index (χ4n) is 2.66. The predicted molar refractivity (Wildman–Crippen MR) is 115 cm³/mol. The van der Waals surface area contributed by atoms with E-state index in [1.54, 1.807) is 47.6 Å². The van der Waals surface area contributed by atoms with Gasteiger partial charge in [-0.2, -0.15) is 4.90 Å². The number of ether oxygens (including phenoxy) is 3. The van der Waals surface area contributed by atoms with Crippen molar-refractivity contribution in [2.75, 3.05) is 12.0 Å². The third-order valence-electron chi connectivity index (χ3n) is 3.75. The first-order chi connectivity index (χ1) is 13.8. The van der Waals surface area contributed by atoms with Gasteiger partial charge in [0.05, 0.1) is 24.6 Å². The summed E-state index contributed by atoms with van der Waals surface area (Å²) in [6.07, 6.45) is -0.479. The molecule has 0 N–H and O–H groups in total. The average Bonchev–Trinajstić information content (AvgIpc) is 3.07. The number of nitrogens with zero attached hydrogens (tertiary/aromatic N) is 1. The Morgan fingerprint density at radius 2 is 1.57 bits per heavy atom. The monoisotopic (exact) mass is 483 g/mol. The summed E-state index contributed by atoms with van der Waals surface area (Å²) in [7, 11) is 1.24. The van der Waals surface area contributed by atoms with Gasteiger partial charge in [0.15, 0.2) is 0 Å². The molecule has 0 aliphatic heterocycles. The Morgan fingerprint density at radius 1 is 1.03 bits per heavy atom. The standard InChI is InChI=1S/C21H26BrNO7/c1-20(2,3)29-18(25)23(19(26)30-21(4,5)6)15-10-13(17(24)27-7)14(11-22)16-12(15)8-9-28-16/h8-10H,11H2,1-7H3. The quantitative estimate of drug-likeness (QED) is 0.309. The van der Waals surface area contributed by atoms with Gasteiger partial charge in [-0.15, -0.1) is 0 Å². The molecule has 1 heterocycles. The van der Waals surface area contributed by atoms with Crippen LogP contribution in [0.15, 0.2) is 22.8 Å². The summed E-state index contributed by atoms with van der Waals surface area (Å²) >= 11 is 3.35. The molecule has 2 amide bonds. The Bertz CT molecular complexity index is 938. The second kappa shape index (κ2) is 8.67. The van der Waals surface area contributed by atoms with Gasteiger partial charge in [-0.05, 0) is 53.7 Å². The van der Waals surface area contributed by atoms with Gasteiger partial charge in [-0.25, -0.2) is 14.4 Å². The number of halogens is 1. The van der Waals surface area contributed by atoms with E-state index in [0.717, 1.165) is 4.90 Å². The minimum atomic E-state index is -0.943. The number of carbonyl (C=O) groups is 3. The molecular formula is C21H26BrNO7. The molecule has 0 saturated carbocycles. The van der Waals surface area contributed by atoms with Crippen molar-refractivity contribution in [1.29, 1.82) is 0 Å². The number of furan rings is 1. The molecule has 0 radical (unpaired) electrons. The first kappa shape index (κ1) is 23.7. The van der Waals surface area contributed by atoms with Crippen molar-refractivity contribution in [1.82, 2.24) is 0 Å². The lowest BCUT2D eigenvalue weighted by atomic mass is 10.0. The number of fused-ring (bicyclic) bond motifs is 1. The smallest absolute Gasteiger partial charge is 0.424 e. The van der Waals surface area contributed by atoms with Crippen LogP contribution in [-0.4, -0.2) is 36.5 Å². The van der Waals surface area contributed by atoms with Crippen molar-refractivity contribution in [2.24, 2.45) is 0 Å². The summed E-state index contributed by atoms with van der Waals surface area (Å²) in [5.74, 6) is -0.641. The molecule has 0 bridgehead atoms. The third-order valence-corrected chi connectivity index (χ3v) is 4.31. The lowest BCUT2D eigenvalue weighted by Crippen LogP contribution is -2.44. The van der Waals surface area contributed by atoms with E-state index >= 15 is 0 Å². The number of anilines is 1. The molecular weight excluding hydrogens is 458 g/mol. The number of carbonyl (C=O) groups excluding carboxylic acids is 3. The van der Waals surface area contributed by atoms with Gasteiger partial charge >= 0.3 is 18.2 Å². The van der Waals surface area contributed by atoms with Gasteiger partial charge in [0, 0.05) is 16.3 Å². The van der Waals surface area contributed by atoms with Gasteiger partial charge < -0.3 is 18.6 Å². The molecule has 0 atom stereocenters. The molecule has 2 aromatic rings. The minimum Gasteiger partial charge on any atom is -0.465 e. The number of benzene rings is 1. The molecule has 8 nitrogen and oxygen atoms in total. The van der Waals surface area contributed by atoms with E-state index in [4.69, 9.17) is 18.6 Å². The number of methoxy groups -OCH3 is 1. The largest absolute Gasteiger partial charge is 0.465 e. The van der Waals surface area contributed by atoms with Crippen molar-refractivity contribution in [3.63, 3.8) is 0 Å². The third kappa shape index (κ3) is 5.33. The number of amides is 2. The highest BCUT2D eigenvalue weighted by Gasteiger charge is 2.35. The molecule has 0 aliphatic rings. The lowest BCUT2D eigenvalue weighted by molar-refractivity contribution is 0.0429. The van der Waals surface area contributed by atoms with Crippen LogP contribution < -0.4 is 4.90 Å². The minimum absolute atomic E-state index is 0.0901. The van der Waals surface area contributed by atoms with Gasteiger partial charge in [-0.1, -0.05) is 15.9 Å². The van der Waals surface area contributed by atoms with Crippen LogP contribution in [0.4, 0.5) is 15.3 Å². The Balaban J connectivity index is 2.76. The molecule has 0 spiro atoms. The Labute approximate surface area is 183 Å². The second-order valence-corrected chi connectivity index (χ2v) is 9.07. The van der Waals surface area contributed by atoms with Crippen molar-refractivity contribution < 1.29 is 33.0 Å². The molecule has 1 aromatic heterocycles. The topological polar surface area (TPSA) is 95.3 Å². The van der Waals surface area contributed by atoms with Crippen LogP contribution in [0.2, 0.25) is 0 Å². The Hall–Kier alpha value is -2.55. The molecule has 0 aliphatic carbocycles.